The molecule has 1 aliphatic heterocycles. The lowest BCUT2D eigenvalue weighted by Gasteiger charge is -2.23. The molecule has 1 atom stereocenters. The highest BCUT2D eigenvalue weighted by Crippen LogP contribution is 2.25. The molecule has 1 aliphatic rings. The molecule has 0 unspecified atom stereocenters. The lowest BCUT2D eigenvalue weighted by atomic mass is 10.0. The van der Waals surface area contributed by atoms with Crippen LogP contribution in [0.4, 0.5) is 8.78 Å². The van der Waals surface area contributed by atoms with Crippen LogP contribution in [0.1, 0.15) is 43.6 Å². The number of halogens is 2. The maximum absolute atomic E-state index is 13.3. The largest absolute Gasteiger partial charge is 0.435 e. The summed E-state index contributed by atoms with van der Waals surface area (Å²) in [6.45, 7) is 2.24. The number of alkyl halides is 2. The van der Waals surface area contributed by atoms with Crippen LogP contribution in [0.25, 0.3) is 16.9 Å². The molecule has 1 aromatic carbocycles. The minimum absolute atomic E-state index is 0.00510. The molecule has 1 fully saturated rings. The Kier molecular flexibility index (Phi) is 5.96. The molecule has 3 heterocycles. The summed E-state index contributed by atoms with van der Waals surface area (Å²) in [5.41, 5.74) is -0.297. The van der Waals surface area contributed by atoms with Crippen LogP contribution >= 0.6 is 0 Å². The van der Waals surface area contributed by atoms with Crippen molar-refractivity contribution >= 4 is 26.9 Å². The number of amides is 1. The van der Waals surface area contributed by atoms with Crippen molar-refractivity contribution in [2.75, 3.05) is 11.5 Å². The lowest BCUT2D eigenvalue weighted by Crippen LogP contribution is -2.46. The second-order valence-corrected chi connectivity index (χ2v) is 11.1. The molecule has 1 amide bonds. The zero-order chi connectivity index (χ0) is 24.8. The second-order valence-electron chi connectivity index (χ2n) is 8.88. The third-order valence-corrected chi connectivity index (χ3v) is 7.62. The summed E-state index contributed by atoms with van der Waals surface area (Å²) in [4.78, 5) is 30.5. The number of pyridine rings is 1. The first-order valence-corrected chi connectivity index (χ1v) is 12.4. The summed E-state index contributed by atoms with van der Waals surface area (Å²) in [5, 5.41) is 2.78. The molecule has 0 saturated carbocycles. The molecule has 0 radical (unpaired) electrons. The predicted molar refractivity (Wildman–Crippen MR) is 121 cm³/mol. The lowest BCUT2D eigenvalue weighted by molar-refractivity contribution is -0.0498. The second kappa shape index (κ2) is 8.49. The first-order chi connectivity index (χ1) is 15.9. The maximum atomic E-state index is 13.3. The van der Waals surface area contributed by atoms with Gasteiger partial charge in [0.15, 0.2) is 15.5 Å². The smallest absolute Gasteiger partial charge is 0.387 e. The third kappa shape index (κ3) is 4.54. The summed E-state index contributed by atoms with van der Waals surface area (Å²) in [7, 11) is -3.21. The highest BCUT2D eigenvalue weighted by molar-refractivity contribution is 7.91. The number of ether oxygens (including phenoxy) is 1. The van der Waals surface area contributed by atoms with Crippen LogP contribution in [0.3, 0.4) is 0 Å². The number of hydrogen-bond donors (Lipinski definition) is 1. The van der Waals surface area contributed by atoms with Crippen molar-refractivity contribution in [1.82, 2.24) is 19.4 Å². The van der Waals surface area contributed by atoms with Crippen molar-refractivity contribution in [3.8, 4) is 11.4 Å². The van der Waals surface area contributed by atoms with Gasteiger partial charge < -0.3 is 10.1 Å². The number of rotatable bonds is 6. The van der Waals surface area contributed by atoms with Crippen molar-refractivity contribution in [3.63, 3.8) is 0 Å². The summed E-state index contributed by atoms with van der Waals surface area (Å²) in [6, 6.07) is 6.92. The Morgan fingerprint density at radius 2 is 2.00 bits per heavy atom. The fourth-order valence-electron chi connectivity index (χ4n) is 4.21. The molecule has 2 aromatic heterocycles. The Hall–Kier alpha value is -3.28. The normalized spacial score (nSPS) is 19.7. The molecule has 12 heteroatoms. The molecule has 0 bridgehead atoms. The summed E-state index contributed by atoms with van der Waals surface area (Å²) >= 11 is 0. The van der Waals surface area contributed by atoms with E-state index >= 15 is 0 Å². The minimum atomic E-state index is -3.21. The van der Waals surface area contributed by atoms with Crippen LogP contribution < -0.4 is 15.7 Å². The van der Waals surface area contributed by atoms with E-state index in [1.165, 1.54) is 39.6 Å². The molecular formula is C22H24F2N4O5S. The van der Waals surface area contributed by atoms with Gasteiger partial charge >= 0.3 is 12.3 Å². The maximum Gasteiger partial charge on any atom is 0.387 e. The zero-order valence-electron chi connectivity index (χ0n) is 18.8. The van der Waals surface area contributed by atoms with Gasteiger partial charge in [-0.3, -0.25) is 9.36 Å². The van der Waals surface area contributed by atoms with Gasteiger partial charge in [-0.2, -0.15) is 8.78 Å². The van der Waals surface area contributed by atoms with Crippen molar-refractivity contribution in [1.29, 1.82) is 0 Å². The number of carbonyl (C=O) groups excluding carboxylic acids is 1. The Morgan fingerprint density at radius 3 is 2.62 bits per heavy atom. The Morgan fingerprint density at radius 1 is 1.26 bits per heavy atom. The van der Waals surface area contributed by atoms with Crippen LogP contribution in [0.5, 0.6) is 5.75 Å². The van der Waals surface area contributed by atoms with Crippen molar-refractivity contribution in [2.45, 2.75) is 45.4 Å². The van der Waals surface area contributed by atoms with Gasteiger partial charge in [0.1, 0.15) is 5.75 Å². The zero-order valence-corrected chi connectivity index (χ0v) is 19.6. The Balaban J connectivity index is 1.77. The average molecular weight is 495 g/mol. The molecule has 1 saturated heterocycles. The van der Waals surface area contributed by atoms with Gasteiger partial charge in [0, 0.05) is 18.3 Å². The number of nitrogens with zero attached hydrogens (tertiary/aromatic N) is 3. The molecule has 0 spiro atoms. The number of fused-ring (bicyclic) bond motifs is 1. The quantitative estimate of drug-likeness (QED) is 0.564. The molecule has 9 nitrogen and oxygen atoms in total. The number of nitrogens with one attached hydrogen (secondary N) is 1. The van der Waals surface area contributed by atoms with Gasteiger partial charge in [-0.1, -0.05) is 6.07 Å². The fourth-order valence-corrected chi connectivity index (χ4v) is 6.30. The highest BCUT2D eigenvalue weighted by atomic mass is 32.2. The van der Waals surface area contributed by atoms with E-state index in [9.17, 15) is 26.8 Å². The van der Waals surface area contributed by atoms with Gasteiger partial charge in [-0.25, -0.2) is 22.8 Å². The predicted octanol–water partition coefficient (Wildman–Crippen LogP) is 2.68. The molecule has 0 aliphatic carbocycles. The molecule has 34 heavy (non-hydrogen) atoms. The van der Waals surface area contributed by atoms with E-state index in [-0.39, 0.29) is 40.2 Å². The minimum Gasteiger partial charge on any atom is -0.435 e. The summed E-state index contributed by atoms with van der Waals surface area (Å²) < 4.78 is 56.2. The highest BCUT2D eigenvalue weighted by Gasteiger charge is 2.39. The SMILES string of the molecule is CC(C)n1c(=O)n(-c2cccc(OC(F)F)c2)c2ncc(C(=O)N[C@]3(C)CCS(=O)(=O)C3)cc21. The monoisotopic (exact) mass is 494 g/mol. The van der Waals surface area contributed by atoms with E-state index < -0.39 is 33.6 Å². The van der Waals surface area contributed by atoms with Crippen molar-refractivity contribution in [2.24, 2.45) is 0 Å². The van der Waals surface area contributed by atoms with Gasteiger partial charge in [0.25, 0.3) is 5.91 Å². The van der Waals surface area contributed by atoms with Crippen LogP contribution in [0, 0.1) is 0 Å². The summed E-state index contributed by atoms with van der Waals surface area (Å²) in [5.74, 6) is -0.756. The Bertz CT molecular complexity index is 1430. The number of carbonyl (C=O) groups is 1. The van der Waals surface area contributed by atoms with E-state index in [1.807, 2.05) is 0 Å². The van der Waals surface area contributed by atoms with E-state index in [1.54, 1.807) is 26.8 Å². The number of aromatic nitrogens is 3. The summed E-state index contributed by atoms with van der Waals surface area (Å²) in [6.07, 6.45) is 1.60. The number of sulfone groups is 1. The van der Waals surface area contributed by atoms with Gasteiger partial charge in [0.05, 0.1) is 33.8 Å². The molecule has 3 aromatic rings. The molecule has 1 N–H and O–H groups in total. The fraction of sp³-hybridized carbons (Fsp3) is 0.409. The number of hydrogen-bond acceptors (Lipinski definition) is 6. The van der Waals surface area contributed by atoms with Crippen LogP contribution in [-0.4, -0.2) is 52.1 Å². The number of benzene rings is 1. The number of imidazole rings is 1. The van der Waals surface area contributed by atoms with Gasteiger partial charge in [-0.05, 0) is 45.4 Å². The first kappa shape index (κ1) is 23.9. The Labute approximate surface area is 194 Å². The van der Waals surface area contributed by atoms with Crippen LogP contribution in [0.15, 0.2) is 41.3 Å². The van der Waals surface area contributed by atoms with Gasteiger partial charge in [-0.15, -0.1) is 0 Å². The third-order valence-electron chi connectivity index (χ3n) is 5.71. The molecule has 4 rings (SSSR count). The first-order valence-electron chi connectivity index (χ1n) is 10.6. The molecule has 182 valence electrons. The van der Waals surface area contributed by atoms with Gasteiger partial charge in [0.2, 0.25) is 0 Å². The van der Waals surface area contributed by atoms with E-state index in [0.29, 0.717) is 11.9 Å². The van der Waals surface area contributed by atoms with Crippen molar-refractivity contribution in [3.05, 3.63) is 52.6 Å². The van der Waals surface area contributed by atoms with E-state index in [2.05, 4.69) is 15.0 Å². The molecular weight excluding hydrogens is 470 g/mol. The average Bonchev–Trinajstić information content (AvgIpc) is 3.18. The van der Waals surface area contributed by atoms with Crippen LogP contribution in [-0.2, 0) is 9.84 Å². The van der Waals surface area contributed by atoms with E-state index in [4.69, 9.17) is 0 Å². The van der Waals surface area contributed by atoms with Crippen molar-refractivity contribution < 1.29 is 26.7 Å². The van der Waals surface area contributed by atoms with Crippen LogP contribution in [0.2, 0.25) is 0 Å². The van der Waals surface area contributed by atoms with E-state index in [0.717, 1.165) is 0 Å². The topological polar surface area (TPSA) is 112 Å². The standard InChI is InChI=1S/C22H24F2N4O5S/c1-13(2)27-17-9-14(19(29)26-22(3)7-8-34(31,32)12-22)11-25-18(17)28(21(27)30)15-5-4-6-16(10-15)33-20(23)24/h4-6,9-11,13,20H,7-8,12H2,1-3H3,(H,26,29)/t22-/m1/s1.